The Bertz CT molecular complexity index is 944. The van der Waals surface area contributed by atoms with Crippen LogP contribution >= 0.6 is 0 Å². The molecule has 9 heteroatoms. The fourth-order valence-corrected chi connectivity index (χ4v) is 3.27. The lowest BCUT2D eigenvalue weighted by Gasteiger charge is -2.16. The third kappa shape index (κ3) is 7.66. The summed E-state index contributed by atoms with van der Waals surface area (Å²) >= 11 is 0. The largest absolute Gasteiger partial charge is 0.491 e. The number of nitrogens with two attached hydrogens (primary N) is 1. The molecule has 0 bridgehead atoms. The zero-order valence-electron chi connectivity index (χ0n) is 17.5. The van der Waals surface area contributed by atoms with Gasteiger partial charge in [-0.1, -0.05) is 24.3 Å². The highest BCUT2D eigenvalue weighted by molar-refractivity contribution is 7.89. The van der Waals surface area contributed by atoms with Gasteiger partial charge in [0.05, 0.1) is 23.6 Å². The molecule has 0 radical (unpaired) electrons. The molecule has 0 aliphatic carbocycles. The summed E-state index contributed by atoms with van der Waals surface area (Å²) in [6.07, 6.45) is -0.639. The molecule has 164 valence electrons. The molecule has 0 aliphatic heterocycles. The van der Waals surface area contributed by atoms with Gasteiger partial charge in [-0.15, -0.1) is 0 Å². The number of guanidine groups is 1. The number of hydrogen-bond acceptors (Lipinski definition) is 5. The predicted molar refractivity (Wildman–Crippen MR) is 118 cm³/mol. The van der Waals surface area contributed by atoms with Gasteiger partial charge in [0.2, 0.25) is 10.0 Å². The van der Waals surface area contributed by atoms with Crippen LogP contribution in [0.25, 0.3) is 0 Å². The lowest BCUT2D eigenvalue weighted by molar-refractivity contribution is 0.180. The van der Waals surface area contributed by atoms with Crippen LogP contribution in [-0.2, 0) is 16.6 Å². The monoisotopic (exact) mass is 434 g/mol. The molecule has 8 nitrogen and oxygen atoms in total. The van der Waals surface area contributed by atoms with Gasteiger partial charge in [-0.25, -0.2) is 18.5 Å². The van der Waals surface area contributed by atoms with E-state index in [4.69, 9.17) is 9.88 Å². The smallest absolute Gasteiger partial charge is 0.238 e. The van der Waals surface area contributed by atoms with Gasteiger partial charge in [-0.3, -0.25) is 0 Å². The predicted octanol–water partition coefficient (Wildman–Crippen LogP) is 1.91. The number of sulfonamides is 1. The van der Waals surface area contributed by atoms with Crippen LogP contribution in [-0.4, -0.2) is 38.7 Å². The fraction of sp³-hybridized carbons (Fsp3) is 0.381. The molecule has 1 atom stereocenters. The molecule has 2 rings (SSSR count). The summed E-state index contributed by atoms with van der Waals surface area (Å²) in [6.45, 7) is 7.01. The van der Waals surface area contributed by atoms with Crippen LogP contribution < -0.4 is 20.5 Å². The summed E-state index contributed by atoms with van der Waals surface area (Å²) in [4.78, 5) is 4.50. The zero-order chi connectivity index (χ0) is 22.1. The molecule has 0 aromatic heterocycles. The van der Waals surface area contributed by atoms with Crippen LogP contribution in [0, 0.1) is 0 Å². The second-order valence-electron chi connectivity index (χ2n) is 7.02. The van der Waals surface area contributed by atoms with E-state index in [1.165, 1.54) is 12.1 Å². The van der Waals surface area contributed by atoms with Crippen molar-refractivity contribution in [2.45, 2.75) is 44.4 Å². The lowest BCUT2D eigenvalue weighted by atomic mass is 10.1. The topological polar surface area (TPSA) is 126 Å². The van der Waals surface area contributed by atoms with E-state index >= 15 is 0 Å². The summed E-state index contributed by atoms with van der Waals surface area (Å²) in [5.74, 6) is 1.27. The SMILES string of the molecule is CCNC(=NCc1cccc(S(N)(=O)=O)c1)NCC(O)c1ccc(OC(C)C)cc1. The van der Waals surface area contributed by atoms with E-state index in [0.717, 1.165) is 11.3 Å². The zero-order valence-corrected chi connectivity index (χ0v) is 18.3. The van der Waals surface area contributed by atoms with Gasteiger partial charge in [0, 0.05) is 13.1 Å². The molecule has 0 aliphatic rings. The Hall–Kier alpha value is -2.62. The van der Waals surface area contributed by atoms with Crippen LogP contribution in [0.4, 0.5) is 0 Å². The van der Waals surface area contributed by atoms with Crippen LogP contribution in [0.15, 0.2) is 58.4 Å². The van der Waals surface area contributed by atoms with Crippen molar-refractivity contribution in [3.05, 3.63) is 59.7 Å². The van der Waals surface area contributed by atoms with Gasteiger partial charge in [-0.05, 0) is 56.2 Å². The molecule has 0 amide bonds. The van der Waals surface area contributed by atoms with Crippen molar-refractivity contribution in [3.63, 3.8) is 0 Å². The first-order chi connectivity index (χ1) is 14.2. The second kappa shape index (κ2) is 11.0. The molecular weight excluding hydrogens is 404 g/mol. The summed E-state index contributed by atoms with van der Waals surface area (Å²) < 4.78 is 28.6. The van der Waals surface area contributed by atoms with Crippen molar-refractivity contribution >= 4 is 16.0 Å². The molecule has 0 saturated carbocycles. The van der Waals surface area contributed by atoms with E-state index in [1.54, 1.807) is 12.1 Å². The number of rotatable bonds is 9. The Kier molecular flexibility index (Phi) is 8.64. The molecule has 0 fully saturated rings. The highest BCUT2D eigenvalue weighted by atomic mass is 32.2. The van der Waals surface area contributed by atoms with E-state index in [2.05, 4.69) is 15.6 Å². The van der Waals surface area contributed by atoms with Gasteiger partial charge in [-0.2, -0.15) is 0 Å². The van der Waals surface area contributed by atoms with E-state index in [9.17, 15) is 13.5 Å². The van der Waals surface area contributed by atoms with Gasteiger partial charge >= 0.3 is 0 Å². The molecule has 2 aromatic rings. The fourth-order valence-electron chi connectivity index (χ4n) is 2.68. The third-order valence-electron chi connectivity index (χ3n) is 4.09. The van der Waals surface area contributed by atoms with Crippen molar-refractivity contribution in [1.29, 1.82) is 0 Å². The van der Waals surface area contributed by atoms with Gasteiger partial charge in [0.1, 0.15) is 5.75 Å². The number of aliphatic imine (C=N–C) groups is 1. The van der Waals surface area contributed by atoms with E-state index < -0.39 is 16.1 Å². The molecule has 1 unspecified atom stereocenters. The molecule has 2 aromatic carbocycles. The minimum absolute atomic E-state index is 0.0495. The maximum Gasteiger partial charge on any atom is 0.238 e. The first-order valence-electron chi connectivity index (χ1n) is 9.77. The summed E-state index contributed by atoms with van der Waals surface area (Å²) in [7, 11) is -3.76. The Balaban J connectivity index is 1.99. The Morgan fingerprint density at radius 3 is 2.47 bits per heavy atom. The van der Waals surface area contributed by atoms with Crippen molar-refractivity contribution < 1.29 is 18.3 Å². The molecule has 30 heavy (non-hydrogen) atoms. The first-order valence-corrected chi connectivity index (χ1v) is 11.3. The highest BCUT2D eigenvalue weighted by Crippen LogP contribution is 2.18. The number of aliphatic hydroxyl groups is 1. The quantitative estimate of drug-likeness (QED) is 0.353. The number of primary sulfonamides is 1. The average molecular weight is 435 g/mol. The average Bonchev–Trinajstić information content (AvgIpc) is 2.69. The molecule has 5 N–H and O–H groups in total. The summed E-state index contributed by atoms with van der Waals surface area (Å²) in [6, 6.07) is 13.7. The number of ether oxygens (including phenoxy) is 1. The Morgan fingerprint density at radius 1 is 1.17 bits per heavy atom. The summed E-state index contributed by atoms with van der Waals surface area (Å²) in [5, 5.41) is 21.8. The number of nitrogens with zero attached hydrogens (tertiary/aromatic N) is 1. The van der Waals surface area contributed by atoms with Crippen molar-refractivity contribution in [2.24, 2.45) is 10.1 Å². The summed E-state index contributed by atoms with van der Waals surface area (Å²) in [5.41, 5.74) is 1.47. The first kappa shape index (κ1) is 23.7. The number of nitrogens with one attached hydrogen (secondary N) is 2. The van der Waals surface area contributed by atoms with E-state index in [1.807, 2.05) is 45.0 Å². The Labute approximate surface area is 178 Å². The van der Waals surface area contributed by atoms with Gasteiger partial charge in [0.25, 0.3) is 0 Å². The number of aliphatic hydroxyl groups excluding tert-OH is 1. The second-order valence-corrected chi connectivity index (χ2v) is 8.58. The minimum Gasteiger partial charge on any atom is -0.491 e. The number of hydrogen-bond donors (Lipinski definition) is 4. The molecular formula is C21H30N4O4S. The maximum absolute atomic E-state index is 11.5. The third-order valence-corrected chi connectivity index (χ3v) is 5.00. The van der Waals surface area contributed by atoms with Crippen LogP contribution in [0.3, 0.4) is 0 Å². The maximum atomic E-state index is 11.5. The molecule has 0 saturated heterocycles. The van der Waals surface area contributed by atoms with Crippen molar-refractivity contribution in [1.82, 2.24) is 10.6 Å². The van der Waals surface area contributed by atoms with Crippen LogP contribution in [0.1, 0.15) is 38.0 Å². The van der Waals surface area contributed by atoms with Crippen LogP contribution in [0.2, 0.25) is 0 Å². The van der Waals surface area contributed by atoms with E-state index in [0.29, 0.717) is 18.1 Å². The Morgan fingerprint density at radius 2 is 1.87 bits per heavy atom. The van der Waals surface area contributed by atoms with Crippen LogP contribution in [0.5, 0.6) is 5.75 Å². The highest BCUT2D eigenvalue weighted by Gasteiger charge is 2.10. The standard InChI is InChI=1S/C21H30N4O4S/c1-4-23-21(24-13-16-6-5-7-19(12-16)30(22,27)28)25-14-20(26)17-8-10-18(11-9-17)29-15(2)3/h5-12,15,20,26H,4,13-14H2,1-3H3,(H2,22,27,28)(H2,23,24,25). The van der Waals surface area contributed by atoms with Gasteiger partial charge < -0.3 is 20.5 Å². The minimum atomic E-state index is -3.76. The van der Waals surface area contributed by atoms with E-state index in [-0.39, 0.29) is 24.1 Å². The van der Waals surface area contributed by atoms with Crippen molar-refractivity contribution in [2.75, 3.05) is 13.1 Å². The lowest BCUT2D eigenvalue weighted by Crippen LogP contribution is -2.39. The number of benzene rings is 2. The van der Waals surface area contributed by atoms with Gasteiger partial charge in [0.15, 0.2) is 5.96 Å². The molecule has 0 heterocycles. The molecule has 0 spiro atoms. The normalized spacial score (nSPS) is 13.2. The van der Waals surface area contributed by atoms with Crippen molar-refractivity contribution in [3.8, 4) is 5.75 Å².